The van der Waals surface area contributed by atoms with Crippen LogP contribution in [0.4, 0.5) is 10.1 Å². The molecule has 0 unspecified atom stereocenters. The fraction of sp³-hybridized carbons (Fsp3) is 0.316. The van der Waals surface area contributed by atoms with Crippen LogP contribution in [-0.4, -0.2) is 38.1 Å². The number of rotatable bonds is 7. The van der Waals surface area contributed by atoms with Gasteiger partial charge < -0.3 is 14.8 Å². The van der Waals surface area contributed by atoms with Gasteiger partial charge in [0.15, 0.2) is 11.5 Å². The first-order valence-corrected chi connectivity index (χ1v) is 7.92. The normalized spacial score (nSPS) is 11.9. The third kappa shape index (κ3) is 4.70. The van der Waals surface area contributed by atoms with Crippen molar-refractivity contribution in [3.8, 4) is 11.5 Å². The Labute approximate surface area is 147 Å². The van der Waals surface area contributed by atoms with Crippen LogP contribution in [-0.2, 0) is 11.3 Å². The molecule has 0 aliphatic carbocycles. The predicted molar refractivity (Wildman–Crippen MR) is 95.5 cm³/mol. The molecule has 2 rings (SSSR count). The Morgan fingerprint density at radius 2 is 1.84 bits per heavy atom. The molecule has 2 aromatic carbocycles. The number of amides is 1. The van der Waals surface area contributed by atoms with Crippen LogP contribution in [0.5, 0.6) is 11.5 Å². The third-order valence-corrected chi connectivity index (χ3v) is 4.06. The molecule has 0 aliphatic heterocycles. The monoisotopic (exact) mass is 346 g/mol. The average molecular weight is 346 g/mol. The Balaban J connectivity index is 2.05. The minimum Gasteiger partial charge on any atom is -0.493 e. The second kappa shape index (κ2) is 8.48. The first kappa shape index (κ1) is 18.7. The topological polar surface area (TPSA) is 50.8 Å². The number of anilines is 1. The van der Waals surface area contributed by atoms with Crippen molar-refractivity contribution in [2.75, 3.05) is 26.6 Å². The van der Waals surface area contributed by atoms with E-state index in [1.807, 2.05) is 37.1 Å². The zero-order chi connectivity index (χ0) is 18.4. The summed E-state index contributed by atoms with van der Waals surface area (Å²) in [5, 5.41) is 2.78. The van der Waals surface area contributed by atoms with E-state index in [9.17, 15) is 9.18 Å². The Hall–Kier alpha value is -2.60. The number of para-hydroxylation sites is 1. The van der Waals surface area contributed by atoms with Crippen LogP contribution in [0, 0.1) is 5.82 Å². The van der Waals surface area contributed by atoms with Crippen LogP contribution in [0.2, 0.25) is 0 Å². The molecule has 25 heavy (non-hydrogen) atoms. The maximum atomic E-state index is 12.9. The summed E-state index contributed by atoms with van der Waals surface area (Å²) in [6.07, 6.45) is 0. The zero-order valence-corrected chi connectivity index (χ0v) is 14.9. The minimum atomic E-state index is -0.388. The Morgan fingerprint density at radius 1 is 1.16 bits per heavy atom. The number of nitrogens with zero attached hydrogens (tertiary/aromatic N) is 1. The van der Waals surface area contributed by atoms with Crippen LogP contribution in [0.1, 0.15) is 12.5 Å². The van der Waals surface area contributed by atoms with E-state index in [0.29, 0.717) is 23.7 Å². The molecule has 0 aromatic heterocycles. The molecule has 134 valence electrons. The van der Waals surface area contributed by atoms with Gasteiger partial charge >= 0.3 is 0 Å². The van der Waals surface area contributed by atoms with E-state index in [2.05, 4.69) is 5.32 Å². The molecule has 6 heteroatoms. The van der Waals surface area contributed by atoms with Crippen LogP contribution in [0.3, 0.4) is 0 Å². The fourth-order valence-corrected chi connectivity index (χ4v) is 2.46. The molecule has 0 saturated carbocycles. The lowest BCUT2D eigenvalue weighted by molar-refractivity contribution is -0.120. The summed E-state index contributed by atoms with van der Waals surface area (Å²) in [5.41, 5.74) is 1.48. The lowest BCUT2D eigenvalue weighted by atomic mass is 10.1. The van der Waals surface area contributed by atoms with Gasteiger partial charge in [0.05, 0.1) is 20.3 Å². The summed E-state index contributed by atoms with van der Waals surface area (Å²) in [7, 11) is 5.03. The molecule has 1 atom stereocenters. The minimum absolute atomic E-state index is 0.170. The van der Waals surface area contributed by atoms with Crippen LogP contribution < -0.4 is 14.8 Å². The number of halogens is 1. The summed E-state index contributed by atoms with van der Waals surface area (Å²) in [6, 6.07) is 10.9. The molecule has 5 nitrogen and oxygen atoms in total. The second-order valence-electron chi connectivity index (χ2n) is 5.74. The fourth-order valence-electron chi connectivity index (χ4n) is 2.46. The number of ether oxygens (including phenoxy) is 2. The Bertz CT molecular complexity index is 719. The van der Waals surface area contributed by atoms with E-state index in [4.69, 9.17) is 9.47 Å². The molecule has 0 saturated heterocycles. The molecule has 0 radical (unpaired) electrons. The number of hydrogen-bond acceptors (Lipinski definition) is 4. The first-order valence-electron chi connectivity index (χ1n) is 7.92. The number of hydrogen-bond donors (Lipinski definition) is 1. The molecule has 0 fully saturated rings. The molecule has 0 bridgehead atoms. The van der Waals surface area contributed by atoms with Crippen molar-refractivity contribution in [1.29, 1.82) is 0 Å². The Morgan fingerprint density at radius 3 is 2.44 bits per heavy atom. The number of carbonyl (C=O) groups is 1. The van der Waals surface area contributed by atoms with Crippen molar-refractivity contribution in [1.82, 2.24) is 4.90 Å². The first-order chi connectivity index (χ1) is 12.0. The third-order valence-electron chi connectivity index (χ3n) is 4.06. The van der Waals surface area contributed by atoms with Crippen molar-refractivity contribution in [3.05, 3.63) is 53.8 Å². The van der Waals surface area contributed by atoms with Gasteiger partial charge in [-0.15, -0.1) is 0 Å². The number of benzene rings is 2. The number of methoxy groups -OCH3 is 2. The van der Waals surface area contributed by atoms with Gasteiger partial charge in [0.1, 0.15) is 5.82 Å². The lowest BCUT2D eigenvalue weighted by Crippen LogP contribution is -2.39. The number of carbonyl (C=O) groups excluding carboxylic acids is 1. The highest BCUT2D eigenvalue weighted by Crippen LogP contribution is 2.31. The van der Waals surface area contributed by atoms with Crippen molar-refractivity contribution in [2.45, 2.75) is 19.5 Å². The largest absolute Gasteiger partial charge is 0.493 e. The maximum absolute atomic E-state index is 12.9. The highest BCUT2D eigenvalue weighted by Gasteiger charge is 2.20. The van der Waals surface area contributed by atoms with Gasteiger partial charge in [-0.1, -0.05) is 12.1 Å². The van der Waals surface area contributed by atoms with Gasteiger partial charge in [0, 0.05) is 17.8 Å². The summed E-state index contributed by atoms with van der Waals surface area (Å²) in [5.74, 6) is 0.795. The van der Waals surface area contributed by atoms with Crippen molar-refractivity contribution in [3.63, 3.8) is 0 Å². The molecule has 0 heterocycles. The lowest BCUT2D eigenvalue weighted by Gasteiger charge is -2.25. The molecular formula is C19H23FN2O3. The quantitative estimate of drug-likeness (QED) is 0.836. The predicted octanol–water partition coefficient (Wildman–Crippen LogP) is 3.30. The number of likely N-dealkylation sites (N-methyl/N-ethyl adjacent to an activating group) is 1. The van der Waals surface area contributed by atoms with E-state index in [1.165, 1.54) is 24.3 Å². The number of nitrogens with one attached hydrogen (secondary N) is 1. The van der Waals surface area contributed by atoms with E-state index in [1.54, 1.807) is 14.2 Å². The van der Waals surface area contributed by atoms with Gasteiger partial charge in [0.25, 0.3) is 0 Å². The molecule has 1 amide bonds. The molecule has 1 N–H and O–H groups in total. The summed E-state index contributed by atoms with van der Waals surface area (Å²) in [6.45, 7) is 2.32. The van der Waals surface area contributed by atoms with E-state index in [0.717, 1.165) is 5.56 Å². The maximum Gasteiger partial charge on any atom is 0.241 e. The second-order valence-corrected chi connectivity index (χ2v) is 5.74. The van der Waals surface area contributed by atoms with E-state index < -0.39 is 0 Å². The smallest absolute Gasteiger partial charge is 0.241 e. The summed E-state index contributed by atoms with van der Waals surface area (Å²) >= 11 is 0. The SMILES string of the molecule is COc1cccc(CN(C)[C@H](C)C(=O)Nc2ccc(F)cc2)c1OC. The standard InChI is InChI=1S/C19H23FN2O3/c1-13(19(23)21-16-10-8-15(20)9-11-16)22(2)12-14-6-5-7-17(24-3)18(14)25-4/h5-11,13H,12H2,1-4H3,(H,21,23)/t13-/m1/s1. The van der Waals surface area contributed by atoms with E-state index in [-0.39, 0.29) is 17.8 Å². The summed E-state index contributed by atoms with van der Waals surface area (Å²) < 4.78 is 23.7. The van der Waals surface area contributed by atoms with Crippen molar-refractivity contribution >= 4 is 11.6 Å². The molecule has 2 aromatic rings. The average Bonchev–Trinajstić information content (AvgIpc) is 2.62. The molecule has 0 spiro atoms. The molecule has 0 aliphatic rings. The van der Waals surface area contributed by atoms with Crippen molar-refractivity contribution in [2.24, 2.45) is 0 Å². The highest BCUT2D eigenvalue weighted by atomic mass is 19.1. The van der Waals surface area contributed by atoms with Gasteiger partial charge in [-0.25, -0.2) is 4.39 Å². The van der Waals surface area contributed by atoms with Crippen LogP contribution in [0.15, 0.2) is 42.5 Å². The van der Waals surface area contributed by atoms with Crippen LogP contribution in [0.25, 0.3) is 0 Å². The molecular weight excluding hydrogens is 323 g/mol. The van der Waals surface area contributed by atoms with Gasteiger partial charge in [0.2, 0.25) is 5.91 Å². The van der Waals surface area contributed by atoms with Gasteiger partial charge in [-0.05, 0) is 44.3 Å². The van der Waals surface area contributed by atoms with Crippen LogP contribution >= 0.6 is 0 Å². The zero-order valence-electron chi connectivity index (χ0n) is 14.9. The Kier molecular flexibility index (Phi) is 6.36. The summed E-state index contributed by atoms with van der Waals surface area (Å²) in [4.78, 5) is 14.3. The van der Waals surface area contributed by atoms with Crippen molar-refractivity contribution < 1.29 is 18.7 Å². The van der Waals surface area contributed by atoms with Gasteiger partial charge in [-0.3, -0.25) is 9.69 Å². The van der Waals surface area contributed by atoms with Gasteiger partial charge in [-0.2, -0.15) is 0 Å². The highest BCUT2D eigenvalue weighted by molar-refractivity contribution is 5.94. The van der Waals surface area contributed by atoms with E-state index >= 15 is 0 Å².